The van der Waals surface area contributed by atoms with E-state index in [4.69, 9.17) is 0 Å². The van der Waals surface area contributed by atoms with Gasteiger partial charge in [0, 0.05) is 24.3 Å². The standard InChI is InChI=1S/C24H25FN2O3S/c1-18-4-8-20(9-5-18)24(28)27(22-12-10-21(25)11-13-22)17-3-16-26-31(29,30)23-14-6-19(2)7-15-23/h4-15,26H,3,16-17H2,1-2H3. The molecule has 0 fully saturated rings. The molecule has 0 atom stereocenters. The zero-order chi connectivity index (χ0) is 22.4. The lowest BCUT2D eigenvalue weighted by atomic mass is 10.1. The number of nitrogens with zero attached hydrogens (tertiary/aromatic N) is 1. The van der Waals surface area contributed by atoms with Crippen molar-refractivity contribution in [1.29, 1.82) is 0 Å². The molecule has 31 heavy (non-hydrogen) atoms. The molecule has 0 radical (unpaired) electrons. The summed E-state index contributed by atoms with van der Waals surface area (Å²) in [5.74, 6) is -0.620. The number of nitrogens with one attached hydrogen (secondary N) is 1. The summed E-state index contributed by atoms with van der Waals surface area (Å²) in [6.45, 7) is 4.26. The van der Waals surface area contributed by atoms with Gasteiger partial charge in [0.1, 0.15) is 5.82 Å². The van der Waals surface area contributed by atoms with Crippen molar-refractivity contribution >= 4 is 21.6 Å². The molecule has 5 nitrogen and oxygen atoms in total. The van der Waals surface area contributed by atoms with Crippen molar-refractivity contribution in [2.24, 2.45) is 0 Å². The fourth-order valence-electron chi connectivity index (χ4n) is 3.07. The van der Waals surface area contributed by atoms with E-state index >= 15 is 0 Å². The first-order valence-corrected chi connectivity index (χ1v) is 11.4. The molecule has 0 saturated heterocycles. The molecular weight excluding hydrogens is 415 g/mol. The number of carbonyl (C=O) groups excluding carboxylic acids is 1. The van der Waals surface area contributed by atoms with E-state index in [0.29, 0.717) is 17.7 Å². The number of halogens is 1. The van der Waals surface area contributed by atoms with Crippen LogP contribution in [0.3, 0.4) is 0 Å². The number of sulfonamides is 1. The van der Waals surface area contributed by atoms with Crippen molar-refractivity contribution in [3.05, 3.63) is 95.3 Å². The molecule has 0 aromatic heterocycles. The highest BCUT2D eigenvalue weighted by molar-refractivity contribution is 7.89. The average molecular weight is 441 g/mol. The maximum atomic E-state index is 13.4. The molecule has 0 aliphatic carbocycles. The van der Waals surface area contributed by atoms with Gasteiger partial charge >= 0.3 is 0 Å². The molecule has 162 valence electrons. The Kier molecular flexibility index (Phi) is 7.20. The molecular formula is C24H25FN2O3S. The van der Waals surface area contributed by atoms with E-state index in [1.165, 1.54) is 29.2 Å². The Bertz CT molecular complexity index is 1130. The summed E-state index contributed by atoms with van der Waals surface area (Å²) in [4.78, 5) is 14.8. The van der Waals surface area contributed by atoms with E-state index in [-0.39, 0.29) is 23.9 Å². The van der Waals surface area contributed by atoms with E-state index in [9.17, 15) is 17.6 Å². The number of amides is 1. The summed E-state index contributed by atoms with van der Waals surface area (Å²) in [6, 6.07) is 19.5. The van der Waals surface area contributed by atoms with Crippen LogP contribution < -0.4 is 9.62 Å². The van der Waals surface area contributed by atoms with Gasteiger partial charge in [-0.1, -0.05) is 35.4 Å². The number of anilines is 1. The summed E-state index contributed by atoms with van der Waals surface area (Å²) >= 11 is 0. The number of rotatable bonds is 8. The van der Waals surface area contributed by atoms with Crippen LogP contribution in [0.5, 0.6) is 0 Å². The maximum absolute atomic E-state index is 13.4. The normalized spacial score (nSPS) is 11.3. The summed E-state index contributed by atoms with van der Waals surface area (Å²) in [7, 11) is -3.63. The number of hydrogen-bond acceptors (Lipinski definition) is 3. The second-order valence-corrected chi connectivity index (χ2v) is 9.13. The Morgan fingerprint density at radius 3 is 2.00 bits per heavy atom. The maximum Gasteiger partial charge on any atom is 0.258 e. The smallest absolute Gasteiger partial charge is 0.258 e. The van der Waals surface area contributed by atoms with Gasteiger partial charge in [-0.3, -0.25) is 4.79 Å². The Morgan fingerprint density at radius 2 is 1.42 bits per heavy atom. The first-order chi connectivity index (χ1) is 14.8. The highest BCUT2D eigenvalue weighted by Crippen LogP contribution is 2.19. The molecule has 0 unspecified atom stereocenters. The molecule has 3 rings (SSSR count). The zero-order valence-corrected chi connectivity index (χ0v) is 18.3. The minimum Gasteiger partial charge on any atom is -0.308 e. The Hall–Kier alpha value is -3.03. The predicted molar refractivity (Wildman–Crippen MR) is 120 cm³/mol. The second kappa shape index (κ2) is 9.85. The third-order valence-corrected chi connectivity index (χ3v) is 6.34. The molecule has 0 spiro atoms. The number of hydrogen-bond donors (Lipinski definition) is 1. The fraction of sp³-hybridized carbons (Fsp3) is 0.208. The van der Waals surface area contributed by atoms with Crippen LogP contribution in [0.25, 0.3) is 0 Å². The van der Waals surface area contributed by atoms with Crippen molar-refractivity contribution in [2.45, 2.75) is 25.2 Å². The summed E-state index contributed by atoms with van der Waals surface area (Å²) in [5, 5.41) is 0. The van der Waals surface area contributed by atoms with Crippen LogP contribution in [0.1, 0.15) is 27.9 Å². The Labute approximate surface area is 182 Å². The van der Waals surface area contributed by atoms with Crippen LogP contribution >= 0.6 is 0 Å². The molecule has 0 bridgehead atoms. The number of carbonyl (C=O) groups is 1. The molecule has 0 aliphatic heterocycles. The zero-order valence-electron chi connectivity index (χ0n) is 17.5. The van der Waals surface area contributed by atoms with Crippen molar-refractivity contribution < 1.29 is 17.6 Å². The van der Waals surface area contributed by atoms with Crippen molar-refractivity contribution in [1.82, 2.24) is 4.72 Å². The van der Waals surface area contributed by atoms with Crippen LogP contribution in [0.2, 0.25) is 0 Å². The van der Waals surface area contributed by atoms with Crippen LogP contribution in [0, 0.1) is 19.7 Å². The topological polar surface area (TPSA) is 66.5 Å². The largest absolute Gasteiger partial charge is 0.308 e. The van der Waals surface area contributed by atoms with Gasteiger partial charge in [-0.25, -0.2) is 17.5 Å². The average Bonchev–Trinajstić information content (AvgIpc) is 2.75. The molecule has 1 amide bonds. The monoisotopic (exact) mass is 440 g/mol. The van der Waals surface area contributed by atoms with Crippen molar-refractivity contribution in [3.8, 4) is 0 Å². The third-order valence-electron chi connectivity index (χ3n) is 4.86. The van der Waals surface area contributed by atoms with Gasteiger partial charge in [0.15, 0.2) is 0 Å². The molecule has 0 heterocycles. The molecule has 0 aliphatic rings. The van der Waals surface area contributed by atoms with Gasteiger partial charge in [-0.05, 0) is 68.8 Å². The molecule has 3 aromatic carbocycles. The van der Waals surface area contributed by atoms with Crippen molar-refractivity contribution in [2.75, 3.05) is 18.0 Å². The van der Waals surface area contributed by atoms with E-state index in [0.717, 1.165) is 11.1 Å². The molecule has 1 N–H and O–H groups in total. The third kappa shape index (κ3) is 5.99. The van der Waals surface area contributed by atoms with Gasteiger partial charge in [-0.2, -0.15) is 0 Å². The van der Waals surface area contributed by atoms with E-state index in [1.807, 2.05) is 26.0 Å². The molecule has 3 aromatic rings. The van der Waals surface area contributed by atoms with Crippen LogP contribution in [0.4, 0.5) is 10.1 Å². The van der Waals surface area contributed by atoms with Gasteiger partial charge in [-0.15, -0.1) is 0 Å². The summed E-state index contributed by atoms with van der Waals surface area (Å²) in [5.41, 5.74) is 3.07. The molecule has 7 heteroatoms. The Morgan fingerprint density at radius 1 is 0.871 bits per heavy atom. The summed E-state index contributed by atoms with van der Waals surface area (Å²) < 4.78 is 40.8. The van der Waals surface area contributed by atoms with Crippen LogP contribution in [0.15, 0.2) is 77.7 Å². The highest BCUT2D eigenvalue weighted by Gasteiger charge is 2.19. The lowest BCUT2D eigenvalue weighted by Crippen LogP contribution is -2.34. The van der Waals surface area contributed by atoms with E-state index < -0.39 is 15.8 Å². The fourth-order valence-corrected chi connectivity index (χ4v) is 4.14. The lowest BCUT2D eigenvalue weighted by molar-refractivity contribution is 0.0986. The SMILES string of the molecule is Cc1ccc(C(=O)N(CCCNS(=O)(=O)c2ccc(C)cc2)c2ccc(F)cc2)cc1. The predicted octanol–water partition coefficient (Wildman–Crippen LogP) is 4.46. The van der Waals surface area contributed by atoms with E-state index in [2.05, 4.69) is 4.72 Å². The second-order valence-electron chi connectivity index (χ2n) is 7.36. The number of benzene rings is 3. The minimum atomic E-state index is -3.63. The van der Waals surface area contributed by atoms with Gasteiger partial charge in [0.25, 0.3) is 5.91 Å². The van der Waals surface area contributed by atoms with Gasteiger partial charge in [0.2, 0.25) is 10.0 Å². The van der Waals surface area contributed by atoms with Crippen LogP contribution in [-0.2, 0) is 10.0 Å². The first kappa shape index (κ1) is 22.7. The Balaban J connectivity index is 1.70. The van der Waals surface area contributed by atoms with Gasteiger partial charge in [0.05, 0.1) is 4.90 Å². The summed E-state index contributed by atoms with van der Waals surface area (Å²) in [6.07, 6.45) is 0.389. The lowest BCUT2D eigenvalue weighted by Gasteiger charge is -2.23. The van der Waals surface area contributed by atoms with E-state index in [1.54, 1.807) is 36.4 Å². The first-order valence-electron chi connectivity index (χ1n) is 9.97. The molecule has 0 saturated carbocycles. The highest BCUT2D eigenvalue weighted by atomic mass is 32.2. The minimum absolute atomic E-state index is 0.162. The quantitative estimate of drug-likeness (QED) is 0.526. The van der Waals surface area contributed by atoms with Gasteiger partial charge < -0.3 is 4.90 Å². The number of aryl methyl sites for hydroxylation is 2. The van der Waals surface area contributed by atoms with Crippen molar-refractivity contribution in [3.63, 3.8) is 0 Å². The van der Waals surface area contributed by atoms with Crippen LogP contribution in [-0.4, -0.2) is 27.4 Å².